The second kappa shape index (κ2) is 3.38. The molecule has 0 radical (unpaired) electrons. The molecule has 0 atom stereocenters. The Bertz CT molecular complexity index is 208. The lowest BCUT2D eigenvalue weighted by molar-refractivity contribution is 1.36. The van der Waals surface area contributed by atoms with Crippen LogP contribution in [0.2, 0.25) is 0 Å². The fourth-order valence-electron chi connectivity index (χ4n) is 0.725. The molecule has 1 rings (SSSR count). The van der Waals surface area contributed by atoms with Crippen LogP contribution in [0.5, 0.6) is 0 Å². The Balaban J connectivity index is 2.84. The number of para-hydroxylation sites is 1. The van der Waals surface area contributed by atoms with Crippen LogP contribution in [-0.2, 0) is 0 Å². The molecule has 0 fully saturated rings. The largest absolute Gasteiger partial charge is 0.328 e. The zero-order valence-corrected chi connectivity index (χ0v) is 6.88. The van der Waals surface area contributed by atoms with Crippen LogP contribution in [0.15, 0.2) is 30.3 Å². The number of hydrogen-bond acceptors (Lipinski definition) is 1. The maximum Gasteiger partial charge on any atom is 0.0439 e. The van der Waals surface area contributed by atoms with Crippen LogP contribution >= 0.6 is 8.35 Å². The molecule has 0 bridgehead atoms. The number of nitrogens with zero attached hydrogens (tertiary/aromatic N) is 1. The van der Waals surface area contributed by atoms with Crippen molar-refractivity contribution in [3.63, 3.8) is 0 Å². The van der Waals surface area contributed by atoms with E-state index >= 15 is 0 Å². The summed E-state index contributed by atoms with van der Waals surface area (Å²) in [5.41, 5.74) is 1.21. The summed E-state index contributed by atoms with van der Waals surface area (Å²) in [5, 5.41) is 0. The molecule has 0 N–H and O–H groups in total. The van der Waals surface area contributed by atoms with Crippen molar-refractivity contribution in [3.05, 3.63) is 30.3 Å². The minimum Gasteiger partial charge on any atom is -0.328 e. The van der Waals surface area contributed by atoms with Gasteiger partial charge in [-0.15, -0.1) is 0 Å². The van der Waals surface area contributed by atoms with Gasteiger partial charge in [-0.1, -0.05) is 24.5 Å². The summed E-state index contributed by atoms with van der Waals surface area (Å²) < 4.78 is 2.07. The van der Waals surface area contributed by atoms with Crippen LogP contribution in [0.25, 0.3) is 0 Å². The summed E-state index contributed by atoms with van der Waals surface area (Å²) in [6, 6.07) is 10.2. The second-order valence-corrected chi connectivity index (χ2v) is 2.88. The Hall–Kier alpha value is -0.810. The van der Waals surface area contributed by atoms with E-state index in [1.807, 2.05) is 25.2 Å². The minimum absolute atomic E-state index is 1.03. The molecule has 0 heterocycles. The van der Waals surface area contributed by atoms with Gasteiger partial charge in [0.2, 0.25) is 0 Å². The Kier molecular flexibility index (Phi) is 2.47. The monoisotopic (exact) mass is 151 g/mol. The van der Waals surface area contributed by atoms with Crippen LogP contribution in [0.1, 0.15) is 0 Å². The molecule has 0 amide bonds. The van der Waals surface area contributed by atoms with Gasteiger partial charge in [0, 0.05) is 21.1 Å². The highest BCUT2D eigenvalue weighted by molar-refractivity contribution is 7.38. The third kappa shape index (κ3) is 1.58. The lowest BCUT2D eigenvalue weighted by Crippen LogP contribution is -1.99. The van der Waals surface area contributed by atoms with Gasteiger partial charge in [0.1, 0.15) is 0 Å². The summed E-state index contributed by atoms with van der Waals surface area (Å²) in [6.45, 7) is 0. The van der Waals surface area contributed by atoms with Gasteiger partial charge in [0.05, 0.1) is 0 Å². The van der Waals surface area contributed by atoms with Crippen molar-refractivity contribution in [3.8, 4) is 0 Å². The number of anilines is 1. The summed E-state index contributed by atoms with van der Waals surface area (Å²) in [7, 11) is 3.04. The second-order valence-electron chi connectivity index (χ2n) is 2.00. The predicted octanol–water partition coefficient (Wildman–Crippen LogP) is 2.42. The summed E-state index contributed by atoms with van der Waals surface area (Å²) in [4.78, 5) is 0. The van der Waals surface area contributed by atoms with E-state index in [0.717, 1.165) is 8.35 Å². The third-order valence-electron chi connectivity index (χ3n) is 1.34. The first-order valence-corrected chi connectivity index (χ1v) is 4.13. The van der Waals surface area contributed by atoms with Crippen LogP contribution in [0.3, 0.4) is 0 Å². The predicted molar refractivity (Wildman–Crippen MR) is 48.9 cm³/mol. The van der Waals surface area contributed by atoms with E-state index in [0.29, 0.717) is 0 Å². The number of hydrogen-bond donors (Lipinski definition) is 0. The molecule has 2 heteroatoms. The molecule has 10 heavy (non-hydrogen) atoms. The number of benzene rings is 1. The molecule has 0 aliphatic rings. The van der Waals surface area contributed by atoms with Crippen LogP contribution in [-0.4, -0.2) is 13.3 Å². The molecular formula is C8H10NP. The Morgan fingerprint density at radius 3 is 2.40 bits per heavy atom. The van der Waals surface area contributed by atoms with Crippen molar-refractivity contribution in [2.75, 3.05) is 11.7 Å². The molecule has 1 aromatic carbocycles. The molecule has 1 aromatic rings. The van der Waals surface area contributed by atoms with Gasteiger partial charge in [-0.2, -0.15) is 0 Å². The fraction of sp³-hybridized carbons (Fsp3) is 0.125. The summed E-state index contributed by atoms with van der Waals surface area (Å²) >= 11 is 0. The zero-order chi connectivity index (χ0) is 7.40. The molecule has 52 valence electrons. The molecule has 0 aromatic heterocycles. The molecule has 0 saturated heterocycles. The lowest BCUT2D eigenvalue weighted by Gasteiger charge is -2.10. The maximum atomic E-state index is 3.76. The van der Waals surface area contributed by atoms with Crippen molar-refractivity contribution in [1.29, 1.82) is 0 Å². The first-order valence-electron chi connectivity index (χ1n) is 3.10. The van der Waals surface area contributed by atoms with Gasteiger partial charge >= 0.3 is 0 Å². The minimum atomic E-state index is 1.03. The SMILES string of the molecule is C=PN(C)c1ccccc1. The van der Waals surface area contributed by atoms with E-state index in [9.17, 15) is 0 Å². The van der Waals surface area contributed by atoms with E-state index in [2.05, 4.69) is 23.1 Å². The molecular weight excluding hydrogens is 141 g/mol. The van der Waals surface area contributed by atoms with Gasteiger partial charge in [-0.3, -0.25) is 0 Å². The van der Waals surface area contributed by atoms with E-state index in [1.165, 1.54) is 5.69 Å². The molecule has 0 aliphatic carbocycles. The lowest BCUT2D eigenvalue weighted by atomic mass is 10.3. The van der Waals surface area contributed by atoms with E-state index in [1.54, 1.807) is 0 Å². The quantitative estimate of drug-likeness (QED) is 0.586. The van der Waals surface area contributed by atoms with Crippen LogP contribution < -0.4 is 4.67 Å². The summed E-state index contributed by atoms with van der Waals surface area (Å²) in [6.07, 6.45) is 3.76. The van der Waals surface area contributed by atoms with Gasteiger partial charge in [-0.05, 0) is 12.1 Å². The first kappa shape index (κ1) is 7.30. The van der Waals surface area contributed by atoms with Gasteiger partial charge in [0.25, 0.3) is 0 Å². The topological polar surface area (TPSA) is 3.24 Å². The molecule has 0 unspecified atom stereocenters. The first-order chi connectivity index (χ1) is 4.84. The molecule has 0 spiro atoms. The maximum absolute atomic E-state index is 3.76. The third-order valence-corrected chi connectivity index (χ3v) is 2.00. The van der Waals surface area contributed by atoms with E-state index < -0.39 is 0 Å². The highest BCUT2D eigenvalue weighted by Crippen LogP contribution is 2.16. The van der Waals surface area contributed by atoms with Crippen molar-refractivity contribution in [2.24, 2.45) is 0 Å². The van der Waals surface area contributed by atoms with Crippen LogP contribution in [0.4, 0.5) is 5.69 Å². The highest BCUT2D eigenvalue weighted by Gasteiger charge is 1.91. The Labute approximate surface area is 63.2 Å². The van der Waals surface area contributed by atoms with Crippen molar-refractivity contribution >= 4 is 20.3 Å². The van der Waals surface area contributed by atoms with Crippen molar-refractivity contribution in [1.82, 2.24) is 0 Å². The zero-order valence-electron chi connectivity index (χ0n) is 5.99. The Morgan fingerprint density at radius 2 is 1.90 bits per heavy atom. The molecule has 1 nitrogen and oxygen atoms in total. The average Bonchev–Trinajstić information content (AvgIpc) is 2.05. The van der Waals surface area contributed by atoms with E-state index in [4.69, 9.17) is 0 Å². The smallest absolute Gasteiger partial charge is 0.0439 e. The summed E-state index contributed by atoms with van der Waals surface area (Å²) in [5.74, 6) is 0. The van der Waals surface area contributed by atoms with Crippen molar-refractivity contribution in [2.45, 2.75) is 0 Å². The van der Waals surface area contributed by atoms with Gasteiger partial charge in [0.15, 0.2) is 0 Å². The fourth-order valence-corrected chi connectivity index (χ4v) is 1.02. The van der Waals surface area contributed by atoms with Crippen molar-refractivity contribution < 1.29 is 0 Å². The van der Waals surface area contributed by atoms with Gasteiger partial charge < -0.3 is 4.67 Å². The molecule has 0 saturated carbocycles. The normalized spacial score (nSPS) is 9.70. The standard InChI is InChI=1S/C8H10NP/c1-9(10-2)8-6-4-3-5-7-8/h3-7H,2H2,1H3. The van der Waals surface area contributed by atoms with Crippen LogP contribution in [0, 0.1) is 0 Å². The Morgan fingerprint density at radius 1 is 1.30 bits per heavy atom. The number of rotatable bonds is 2. The van der Waals surface area contributed by atoms with Gasteiger partial charge in [-0.25, -0.2) is 0 Å². The van der Waals surface area contributed by atoms with E-state index in [-0.39, 0.29) is 0 Å². The molecule has 0 aliphatic heterocycles. The highest BCUT2D eigenvalue weighted by atomic mass is 31.1. The average molecular weight is 151 g/mol.